The summed E-state index contributed by atoms with van der Waals surface area (Å²) in [5.74, 6) is 2.15. The molecule has 1 aliphatic heterocycles. The van der Waals surface area contributed by atoms with Crippen LogP contribution in [0.2, 0.25) is 49.9 Å². The second kappa shape index (κ2) is 19.8. The lowest BCUT2D eigenvalue weighted by Gasteiger charge is -2.52. The molecule has 0 saturated heterocycles. The molecule has 302 valence electrons. The third kappa shape index (κ3) is 10.1. The van der Waals surface area contributed by atoms with Gasteiger partial charge in [0.1, 0.15) is 18.0 Å². The van der Waals surface area contributed by atoms with E-state index < -0.39 is 25.0 Å². The maximum absolute atomic E-state index is 7.89. The van der Waals surface area contributed by atoms with Crippen LogP contribution in [0.25, 0.3) is 0 Å². The molecule has 1 aromatic rings. The Morgan fingerprint density at radius 2 is 0.962 bits per heavy atom. The van der Waals surface area contributed by atoms with Crippen LogP contribution in [0.4, 0.5) is 0 Å². The molecule has 0 radical (unpaired) electrons. The number of benzene rings is 1. The van der Waals surface area contributed by atoms with Crippen LogP contribution in [0.5, 0.6) is 5.75 Å². The summed E-state index contributed by atoms with van der Waals surface area (Å²) in [4.78, 5) is 0. The van der Waals surface area contributed by atoms with Gasteiger partial charge in [-0.15, -0.1) is 0 Å². The van der Waals surface area contributed by atoms with Crippen molar-refractivity contribution in [2.75, 3.05) is 13.7 Å². The summed E-state index contributed by atoms with van der Waals surface area (Å²) in [5.41, 5.74) is 5.48. The molecule has 52 heavy (non-hydrogen) atoms. The van der Waals surface area contributed by atoms with Crippen LogP contribution in [0.1, 0.15) is 144 Å². The van der Waals surface area contributed by atoms with E-state index in [9.17, 15) is 0 Å². The van der Waals surface area contributed by atoms with Crippen molar-refractivity contribution < 1.29 is 22.8 Å². The molecule has 5 nitrogen and oxygen atoms in total. The molecule has 2 rings (SSSR count). The minimum absolute atomic E-state index is 0.198. The minimum atomic E-state index is -2.34. The van der Waals surface area contributed by atoms with Crippen LogP contribution in [0.3, 0.4) is 0 Å². The fraction of sp³-hybridized carbons (Fsp3) is 0.818. The Morgan fingerprint density at radius 1 is 0.558 bits per heavy atom. The highest BCUT2D eigenvalue weighted by Gasteiger charge is 2.55. The quantitative estimate of drug-likeness (QED) is 0.116. The average Bonchev–Trinajstić information content (AvgIpc) is 3.04. The summed E-state index contributed by atoms with van der Waals surface area (Å²) in [5, 5.41) is 0. The number of rotatable bonds is 21. The highest BCUT2D eigenvalue weighted by atomic mass is 28.4. The summed E-state index contributed by atoms with van der Waals surface area (Å²) in [6, 6.07) is 8.49. The largest absolute Gasteiger partial charge is 0.497 e. The molecule has 0 fully saturated rings. The van der Waals surface area contributed by atoms with Crippen LogP contribution >= 0.6 is 0 Å². The average molecular weight is 777 g/mol. The first-order chi connectivity index (χ1) is 24.1. The Morgan fingerprint density at radius 3 is 1.35 bits per heavy atom. The Bertz CT molecular complexity index is 1160. The van der Waals surface area contributed by atoms with Gasteiger partial charge in [-0.2, -0.15) is 0 Å². The standard InChI is InChI=1S/C44H84O5Si3/c1-29(2)50(30(3)4,31(5)6)46-28-43-44(49-52(35(13)14,36(15)16)37(17)18)42(48-51(32(7)8,33(9)10)34(11)12)27-41(47-43)38(19)21-22-39-23-25-40(45-20)26-24-39/h23-27,29-38,42-44H,21-22,28H2,1-20H3/t38-,42-,43-,44+/m1/s1. The highest BCUT2D eigenvalue weighted by Crippen LogP contribution is 2.49. The van der Waals surface area contributed by atoms with Gasteiger partial charge in [0.15, 0.2) is 0 Å². The third-order valence-corrected chi connectivity index (χ3v) is 31.4. The molecule has 8 heteroatoms. The van der Waals surface area contributed by atoms with E-state index in [4.69, 9.17) is 22.8 Å². The lowest BCUT2D eigenvalue weighted by atomic mass is 9.95. The van der Waals surface area contributed by atoms with E-state index >= 15 is 0 Å². The molecule has 0 amide bonds. The molecule has 1 aliphatic rings. The van der Waals surface area contributed by atoms with Gasteiger partial charge in [-0.1, -0.05) is 144 Å². The molecular weight excluding hydrogens is 693 g/mol. The number of aryl methyl sites for hydroxylation is 1. The molecule has 0 N–H and O–H groups in total. The van der Waals surface area contributed by atoms with E-state index in [1.54, 1.807) is 7.11 Å². The van der Waals surface area contributed by atoms with E-state index in [1.165, 1.54) is 5.56 Å². The van der Waals surface area contributed by atoms with E-state index in [-0.39, 0.29) is 24.2 Å². The Labute approximate surface area is 326 Å². The van der Waals surface area contributed by atoms with Gasteiger partial charge < -0.3 is 22.8 Å². The van der Waals surface area contributed by atoms with Gasteiger partial charge >= 0.3 is 0 Å². The molecule has 4 atom stereocenters. The second-order valence-corrected chi connectivity index (χ2v) is 35.2. The van der Waals surface area contributed by atoms with Crippen LogP contribution in [0.15, 0.2) is 36.1 Å². The first-order valence-corrected chi connectivity index (χ1v) is 27.5. The number of hydrogen-bond acceptors (Lipinski definition) is 5. The predicted molar refractivity (Wildman–Crippen MR) is 232 cm³/mol. The monoisotopic (exact) mass is 777 g/mol. The van der Waals surface area contributed by atoms with Crippen LogP contribution in [-0.4, -0.2) is 57.0 Å². The molecule has 1 aromatic carbocycles. The first kappa shape index (κ1) is 47.2. The van der Waals surface area contributed by atoms with Gasteiger partial charge in [-0.05, 0) is 86.5 Å². The lowest BCUT2D eigenvalue weighted by molar-refractivity contribution is -0.0871. The number of allylic oxidation sites excluding steroid dienone is 1. The van der Waals surface area contributed by atoms with E-state index in [2.05, 4.69) is 162 Å². The maximum atomic E-state index is 7.89. The van der Waals surface area contributed by atoms with Crippen molar-refractivity contribution >= 4 is 25.0 Å². The zero-order chi connectivity index (χ0) is 39.9. The SMILES string of the molecule is COc1ccc(CC[C@@H](C)C2=C[C@@H](O[Si](C(C)C)(C(C)C)C(C)C)[C@H](O[Si](C(C)C)(C(C)C)C(C)C)[C@@H](CO[Si](C(C)C)(C(C)C)C(C)C)O2)cc1. The van der Waals surface area contributed by atoms with Crippen molar-refractivity contribution in [3.8, 4) is 5.75 Å². The Kier molecular flexibility index (Phi) is 18.0. The van der Waals surface area contributed by atoms with Crippen LogP contribution in [0, 0.1) is 5.92 Å². The summed E-state index contributed by atoms with van der Waals surface area (Å²) in [6.07, 6.45) is 3.63. The van der Waals surface area contributed by atoms with Gasteiger partial charge in [0.05, 0.1) is 25.6 Å². The smallest absolute Gasteiger partial charge is 0.201 e. The normalized spacial score (nSPS) is 20.0. The topological polar surface area (TPSA) is 46.2 Å². The van der Waals surface area contributed by atoms with Crippen molar-refractivity contribution in [1.29, 1.82) is 0 Å². The van der Waals surface area contributed by atoms with E-state index in [1.807, 2.05) is 0 Å². The summed E-state index contributed by atoms with van der Waals surface area (Å²) >= 11 is 0. The number of ether oxygens (including phenoxy) is 2. The summed E-state index contributed by atoms with van der Waals surface area (Å²) < 4.78 is 35.9. The molecule has 0 spiro atoms. The van der Waals surface area contributed by atoms with Gasteiger partial charge in [-0.25, -0.2) is 0 Å². The highest BCUT2D eigenvalue weighted by molar-refractivity contribution is 6.78. The molecule has 1 heterocycles. The lowest BCUT2D eigenvalue weighted by Crippen LogP contribution is -2.61. The fourth-order valence-corrected chi connectivity index (χ4v) is 27.3. The van der Waals surface area contributed by atoms with Crippen molar-refractivity contribution in [1.82, 2.24) is 0 Å². The Hall–Kier alpha value is -0.909. The van der Waals surface area contributed by atoms with E-state index in [0.29, 0.717) is 56.5 Å². The minimum Gasteiger partial charge on any atom is -0.497 e. The van der Waals surface area contributed by atoms with Gasteiger partial charge in [0.2, 0.25) is 25.0 Å². The number of hydrogen-bond donors (Lipinski definition) is 0. The summed E-state index contributed by atoms with van der Waals surface area (Å²) in [7, 11) is -5.12. The Balaban J connectivity index is 2.83. The van der Waals surface area contributed by atoms with Crippen molar-refractivity contribution in [2.24, 2.45) is 5.92 Å². The zero-order valence-electron chi connectivity index (χ0n) is 37.6. The van der Waals surface area contributed by atoms with Gasteiger partial charge in [0.25, 0.3) is 0 Å². The summed E-state index contributed by atoms with van der Waals surface area (Å²) in [6.45, 7) is 45.9. The van der Waals surface area contributed by atoms with Crippen molar-refractivity contribution in [3.63, 3.8) is 0 Å². The molecule has 0 saturated carbocycles. The van der Waals surface area contributed by atoms with E-state index in [0.717, 1.165) is 24.4 Å². The fourth-order valence-electron chi connectivity index (χ4n) is 10.7. The maximum Gasteiger partial charge on any atom is 0.201 e. The second-order valence-electron chi connectivity index (χ2n) is 18.9. The molecule has 0 aliphatic carbocycles. The van der Waals surface area contributed by atoms with Crippen molar-refractivity contribution in [2.45, 2.75) is 213 Å². The first-order valence-electron chi connectivity index (χ1n) is 21.1. The third-order valence-electron chi connectivity index (χ3n) is 13.1. The predicted octanol–water partition coefficient (Wildman–Crippen LogP) is 13.9. The number of methoxy groups -OCH3 is 1. The van der Waals surface area contributed by atoms with Crippen molar-refractivity contribution in [3.05, 3.63) is 41.7 Å². The van der Waals surface area contributed by atoms with Crippen LogP contribution < -0.4 is 4.74 Å². The molecular formula is C44H84O5Si3. The zero-order valence-corrected chi connectivity index (χ0v) is 40.6. The molecule has 0 bridgehead atoms. The molecule has 0 unspecified atom stereocenters. The van der Waals surface area contributed by atoms with Crippen LogP contribution in [-0.2, 0) is 24.4 Å². The molecule has 0 aromatic heterocycles. The van der Waals surface area contributed by atoms with Gasteiger partial charge in [-0.3, -0.25) is 0 Å². The van der Waals surface area contributed by atoms with Gasteiger partial charge in [0, 0.05) is 5.92 Å².